The first-order valence-corrected chi connectivity index (χ1v) is 5.37. The van der Waals surface area contributed by atoms with Crippen LogP contribution >= 0.6 is 0 Å². The molecule has 2 unspecified atom stereocenters. The van der Waals surface area contributed by atoms with Crippen molar-refractivity contribution in [1.82, 2.24) is 5.32 Å². The highest BCUT2D eigenvalue weighted by molar-refractivity contribution is 5.85. The van der Waals surface area contributed by atoms with Gasteiger partial charge in [0.1, 0.15) is 0 Å². The van der Waals surface area contributed by atoms with Crippen molar-refractivity contribution in [3.05, 3.63) is 0 Å². The molecule has 1 aliphatic carbocycles. The first kappa shape index (κ1) is 12.0. The van der Waals surface area contributed by atoms with Crippen molar-refractivity contribution in [1.29, 1.82) is 0 Å². The molecule has 1 aliphatic rings. The minimum absolute atomic E-state index is 0.131. The summed E-state index contributed by atoms with van der Waals surface area (Å²) in [6, 6.07) is 0. The van der Waals surface area contributed by atoms with E-state index in [9.17, 15) is 9.59 Å². The summed E-state index contributed by atoms with van der Waals surface area (Å²) in [5, 5.41) is 11.6. The molecule has 1 rings (SSSR count). The Morgan fingerprint density at radius 3 is 2.60 bits per heavy atom. The van der Waals surface area contributed by atoms with Crippen LogP contribution in [0.3, 0.4) is 0 Å². The number of amides is 1. The lowest BCUT2D eigenvalue weighted by Crippen LogP contribution is -2.36. The van der Waals surface area contributed by atoms with Gasteiger partial charge in [0.15, 0.2) is 0 Å². The molecule has 0 aromatic rings. The average Bonchev–Trinajstić information content (AvgIpc) is 2.66. The molecule has 0 bridgehead atoms. The number of carboxylic acids is 1. The van der Waals surface area contributed by atoms with Gasteiger partial charge in [-0.1, -0.05) is 6.42 Å². The minimum atomic E-state index is -0.855. The zero-order chi connectivity index (χ0) is 11.3. The molecule has 0 radical (unpaired) electrons. The Hall–Kier alpha value is -1.10. The van der Waals surface area contributed by atoms with Gasteiger partial charge in [-0.05, 0) is 25.8 Å². The van der Waals surface area contributed by atoms with Gasteiger partial charge < -0.3 is 16.2 Å². The molecule has 1 fully saturated rings. The maximum absolute atomic E-state index is 11.6. The van der Waals surface area contributed by atoms with Gasteiger partial charge in [-0.3, -0.25) is 9.59 Å². The molecule has 5 nitrogen and oxygen atoms in total. The number of carbonyl (C=O) groups excluding carboxylic acids is 1. The van der Waals surface area contributed by atoms with Crippen LogP contribution < -0.4 is 11.1 Å². The van der Waals surface area contributed by atoms with Gasteiger partial charge in [0.25, 0.3) is 0 Å². The fourth-order valence-corrected chi connectivity index (χ4v) is 2.01. The van der Waals surface area contributed by atoms with Crippen LogP contribution in [0, 0.1) is 11.8 Å². The zero-order valence-corrected chi connectivity index (χ0v) is 8.74. The number of rotatable bonds is 5. The number of hydrogen-bond acceptors (Lipinski definition) is 3. The van der Waals surface area contributed by atoms with Crippen LogP contribution in [-0.4, -0.2) is 30.1 Å². The van der Waals surface area contributed by atoms with E-state index in [1.807, 2.05) is 0 Å². The Bertz CT molecular complexity index is 243. The fourth-order valence-electron chi connectivity index (χ4n) is 2.01. The highest BCUT2D eigenvalue weighted by Gasteiger charge is 2.37. The van der Waals surface area contributed by atoms with E-state index in [-0.39, 0.29) is 11.8 Å². The first-order valence-electron chi connectivity index (χ1n) is 5.37. The normalized spacial score (nSPS) is 25.1. The van der Waals surface area contributed by atoms with Gasteiger partial charge in [0.2, 0.25) is 5.91 Å². The summed E-state index contributed by atoms with van der Waals surface area (Å²) in [6.45, 7) is 1.07. The van der Waals surface area contributed by atoms with Crippen molar-refractivity contribution in [2.24, 2.45) is 17.6 Å². The quantitative estimate of drug-likeness (QED) is 0.559. The highest BCUT2D eigenvalue weighted by Crippen LogP contribution is 2.31. The Morgan fingerprint density at radius 1 is 1.33 bits per heavy atom. The molecule has 0 aromatic carbocycles. The van der Waals surface area contributed by atoms with Crippen LogP contribution in [0.2, 0.25) is 0 Å². The molecule has 0 heterocycles. The lowest BCUT2D eigenvalue weighted by molar-refractivity contribution is -0.146. The monoisotopic (exact) mass is 214 g/mol. The van der Waals surface area contributed by atoms with Crippen molar-refractivity contribution < 1.29 is 14.7 Å². The molecule has 4 N–H and O–H groups in total. The second-order valence-corrected chi connectivity index (χ2v) is 3.92. The molecular weight excluding hydrogens is 196 g/mol. The van der Waals surface area contributed by atoms with Crippen molar-refractivity contribution in [2.45, 2.75) is 25.7 Å². The maximum atomic E-state index is 11.6. The predicted octanol–water partition coefficient (Wildman–Crippen LogP) is -0.0477. The molecule has 0 saturated heterocycles. The van der Waals surface area contributed by atoms with Crippen LogP contribution in [0.1, 0.15) is 25.7 Å². The van der Waals surface area contributed by atoms with Crippen LogP contribution in [0.15, 0.2) is 0 Å². The molecular formula is C10H18N2O3. The predicted molar refractivity (Wildman–Crippen MR) is 55.1 cm³/mol. The van der Waals surface area contributed by atoms with Crippen LogP contribution in [-0.2, 0) is 9.59 Å². The first-order chi connectivity index (χ1) is 7.16. The number of aliphatic carboxylic acids is 1. The molecule has 5 heteroatoms. The van der Waals surface area contributed by atoms with E-state index in [1.54, 1.807) is 0 Å². The molecule has 0 aromatic heterocycles. The highest BCUT2D eigenvalue weighted by atomic mass is 16.4. The Morgan fingerprint density at radius 2 is 2.00 bits per heavy atom. The summed E-state index contributed by atoms with van der Waals surface area (Å²) in [7, 11) is 0. The number of carboxylic acid groups (broad SMARTS) is 1. The van der Waals surface area contributed by atoms with E-state index in [1.165, 1.54) is 0 Å². The Balaban J connectivity index is 2.40. The minimum Gasteiger partial charge on any atom is -0.481 e. The molecule has 0 aliphatic heterocycles. The fraction of sp³-hybridized carbons (Fsp3) is 0.800. The van der Waals surface area contributed by atoms with Gasteiger partial charge in [-0.2, -0.15) is 0 Å². The van der Waals surface area contributed by atoms with Crippen LogP contribution in [0.5, 0.6) is 0 Å². The van der Waals surface area contributed by atoms with Crippen LogP contribution in [0.25, 0.3) is 0 Å². The molecule has 86 valence electrons. The molecule has 1 saturated carbocycles. The third-order valence-electron chi connectivity index (χ3n) is 2.85. The van der Waals surface area contributed by atoms with E-state index in [2.05, 4.69) is 5.32 Å². The Labute approximate surface area is 89.0 Å². The third kappa shape index (κ3) is 3.20. The van der Waals surface area contributed by atoms with Gasteiger partial charge in [0.05, 0.1) is 11.8 Å². The summed E-state index contributed by atoms with van der Waals surface area (Å²) in [4.78, 5) is 22.5. The summed E-state index contributed by atoms with van der Waals surface area (Å²) in [5.74, 6) is -1.83. The van der Waals surface area contributed by atoms with E-state index in [0.29, 0.717) is 25.9 Å². The number of nitrogens with one attached hydrogen (secondary N) is 1. The smallest absolute Gasteiger partial charge is 0.307 e. The van der Waals surface area contributed by atoms with Gasteiger partial charge in [0, 0.05) is 6.54 Å². The lowest BCUT2D eigenvalue weighted by Gasteiger charge is -2.15. The number of carbonyl (C=O) groups is 2. The van der Waals surface area contributed by atoms with E-state index >= 15 is 0 Å². The molecule has 2 atom stereocenters. The number of nitrogens with two attached hydrogens (primary N) is 1. The van der Waals surface area contributed by atoms with Crippen molar-refractivity contribution in [3.8, 4) is 0 Å². The van der Waals surface area contributed by atoms with E-state index in [4.69, 9.17) is 10.8 Å². The largest absolute Gasteiger partial charge is 0.481 e. The van der Waals surface area contributed by atoms with Crippen molar-refractivity contribution in [3.63, 3.8) is 0 Å². The number of hydrogen-bond donors (Lipinski definition) is 3. The van der Waals surface area contributed by atoms with Gasteiger partial charge >= 0.3 is 5.97 Å². The standard InChI is InChI=1S/C10H18N2O3/c11-5-2-6-12-9(13)7-3-1-4-8(7)10(14)15/h7-8H,1-6,11H2,(H,12,13)(H,14,15). The van der Waals surface area contributed by atoms with Crippen molar-refractivity contribution in [2.75, 3.05) is 13.1 Å². The molecule has 1 amide bonds. The van der Waals surface area contributed by atoms with Crippen LogP contribution in [0.4, 0.5) is 0 Å². The topological polar surface area (TPSA) is 92.4 Å². The SMILES string of the molecule is NCCCNC(=O)C1CCCC1C(=O)O. The molecule has 0 spiro atoms. The third-order valence-corrected chi connectivity index (χ3v) is 2.85. The van der Waals surface area contributed by atoms with E-state index < -0.39 is 11.9 Å². The Kier molecular flexibility index (Phi) is 4.55. The summed E-state index contributed by atoms with van der Waals surface area (Å²) >= 11 is 0. The summed E-state index contributed by atoms with van der Waals surface area (Å²) in [5.41, 5.74) is 5.30. The molecule has 15 heavy (non-hydrogen) atoms. The van der Waals surface area contributed by atoms with Crippen molar-refractivity contribution >= 4 is 11.9 Å². The van der Waals surface area contributed by atoms with E-state index in [0.717, 1.165) is 12.8 Å². The van der Waals surface area contributed by atoms with Gasteiger partial charge in [-0.15, -0.1) is 0 Å². The zero-order valence-electron chi connectivity index (χ0n) is 8.74. The summed E-state index contributed by atoms with van der Waals surface area (Å²) in [6.07, 6.45) is 2.86. The second-order valence-electron chi connectivity index (χ2n) is 3.92. The average molecular weight is 214 g/mol. The second kappa shape index (κ2) is 5.70. The summed E-state index contributed by atoms with van der Waals surface area (Å²) < 4.78 is 0. The van der Waals surface area contributed by atoms with Gasteiger partial charge in [-0.25, -0.2) is 0 Å². The lowest BCUT2D eigenvalue weighted by atomic mass is 9.95. The maximum Gasteiger partial charge on any atom is 0.307 e.